The van der Waals surface area contributed by atoms with Crippen LogP contribution in [0.25, 0.3) is 0 Å². The molecule has 0 fully saturated rings. The van der Waals surface area contributed by atoms with E-state index in [4.69, 9.17) is 4.74 Å². The summed E-state index contributed by atoms with van der Waals surface area (Å²) in [7, 11) is 0. The first kappa shape index (κ1) is 17.0. The maximum absolute atomic E-state index is 12.5. The normalized spacial score (nSPS) is 17.5. The van der Waals surface area contributed by atoms with Gasteiger partial charge in [0.1, 0.15) is 12.3 Å². The van der Waals surface area contributed by atoms with Gasteiger partial charge in [-0.1, -0.05) is 36.4 Å². The molecule has 2 atom stereocenters. The van der Waals surface area contributed by atoms with Crippen LogP contribution >= 0.6 is 0 Å². The Bertz CT molecular complexity index is 789. The van der Waals surface area contributed by atoms with Crippen LogP contribution in [0.1, 0.15) is 31.0 Å². The SMILES string of the molecule is Cc1ccc2c(c1)N(CC(=O)NC(C)c1ccccc1)C(=O)C(C)O2. The van der Waals surface area contributed by atoms with E-state index in [1.807, 2.05) is 62.4 Å². The van der Waals surface area contributed by atoms with Crippen molar-refractivity contribution in [3.8, 4) is 5.75 Å². The molecule has 5 nitrogen and oxygen atoms in total. The van der Waals surface area contributed by atoms with Crippen LogP contribution in [0.2, 0.25) is 0 Å². The number of nitrogens with zero attached hydrogens (tertiary/aromatic N) is 1. The lowest BCUT2D eigenvalue weighted by atomic mass is 10.1. The van der Waals surface area contributed by atoms with Crippen LogP contribution < -0.4 is 15.0 Å². The Morgan fingerprint density at radius 3 is 2.68 bits per heavy atom. The molecule has 0 spiro atoms. The molecule has 1 aliphatic rings. The molecule has 3 rings (SSSR count). The number of hydrogen-bond donors (Lipinski definition) is 1. The van der Waals surface area contributed by atoms with E-state index in [1.165, 1.54) is 4.90 Å². The largest absolute Gasteiger partial charge is 0.479 e. The fraction of sp³-hybridized carbons (Fsp3) is 0.300. The summed E-state index contributed by atoms with van der Waals surface area (Å²) in [4.78, 5) is 26.5. The van der Waals surface area contributed by atoms with Crippen molar-refractivity contribution in [3.05, 3.63) is 59.7 Å². The number of ether oxygens (including phenoxy) is 1. The summed E-state index contributed by atoms with van der Waals surface area (Å²) in [6.45, 7) is 5.54. The zero-order chi connectivity index (χ0) is 18.0. The van der Waals surface area contributed by atoms with Gasteiger partial charge in [0.2, 0.25) is 5.91 Å². The van der Waals surface area contributed by atoms with Crippen LogP contribution in [-0.4, -0.2) is 24.5 Å². The van der Waals surface area contributed by atoms with Gasteiger partial charge in [0.25, 0.3) is 5.91 Å². The summed E-state index contributed by atoms with van der Waals surface area (Å²) in [6.07, 6.45) is -0.602. The average molecular weight is 338 g/mol. The van der Waals surface area contributed by atoms with Gasteiger partial charge >= 0.3 is 0 Å². The lowest BCUT2D eigenvalue weighted by molar-refractivity contribution is -0.128. The molecule has 1 heterocycles. The number of fused-ring (bicyclic) bond motifs is 1. The van der Waals surface area contributed by atoms with Gasteiger partial charge in [-0.15, -0.1) is 0 Å². The number of nitrogens with one attached hydrogen (secondary N) is 1. The van der Waals surface area contributed by atoms with Crippen molar-refractivity contribution < 1.29 is 14.3 Å². The van der Waals surface area contributed by atoms with Crippen molar-refractivity contribution in [1.82, 2.24) is 5.32 Å². The van der Waals surface area contributed by atoms with Gasteiger partial charge in [0, 0.05) is 0 Å². The van der Waals surface area contributed by atoms with Crippen LogP contribution in [0.4, 0.5) is 5.69 Å². The second kappa shape index (κ2) is 6.97. The molecule has 5 heteroatoms. The number of amides is 2. The van der Waals surface area contributed by atoms with Crippen molar-refractivity contribution in [2.45, 2.75) is 32.9 Å². The molecule has 2 aromatic rings. The molecule has 0 aliphatic carbocycles. The van der Waals surface area contributed by atoms with Crippen molar-refractivity contribution in [3.63, 3.8) is 0 Å². The molecule has 2 amide bonds. The molecular formula is C20H22N2O3. The first-order chi connectivity index (χ1) is 12.0. The summed E-state index contributed by atoms with van der Waals surface area (Å²) in [5, 5.41) is 2.95. The minimum absolute atomic E-state index is 0.0276. The van der Waals surface area contributed by atoms with Crippen molar-refractivity contribution >= 4 is 17.5 Å². The Morgan fingerprint density at radius 2 is 1.96 bits per heavy atom. The predicted molar refractivity (Wildman–Crippen MR) is 96.6 cm³/mol. The molecule has 0 saturated carbocycles. The number of carbonyl (C=O) groups excluding carboxylic acids is 2. The monoisotopic (exact) mass is 338 g/mol. The van der Waals surface area contributed by atoms with Crippen LogP contribution in [0.3, 0.4) is 0 Å². The van der Waals surface area contributed by atoms with Gasteiger partial charge < -0.3 is 10.1 Å². The van der Waals surface area contributed by atoms with E-state index in [-0.39, 0.29) is 24.4 Å². The van der Waals surface area contributed by atoms with E-state index in [2.05, 4.69) is 5.32 Å². The van der Waals surface area contributed by atoms with E-state index < -0.39 is 6.10 Å². The zero-order valence-electron chi connectivity index (χ0n) is 14.7. The topological polar surface area (TPSA) is 58.6 Å². The summed E-state index contributed by atoms with van der Waals surface area (Å²) in [5.41, 5.74) is 2.67. The molecule has 0 radical (unpaired) electrons. The Hall–Kier alpha value is -2.82. The summed E-state index contributed by atoms with van der Waals surface area (Å²) in [6, 6.07) is 15.2. The first-order valence-electron chi connectivity index (χ1n) is 8.38. The van der Waals surface area contributed by atoms with Crippen molar-refractivity contribution in [2.75, 3.05) is 11.4 Å². The van der Waals surface area contributed by atoms with Crippen molar-refractivity contribution in [2.24, 2.45) is 0 Å². The minimum Gasteiger partial charge on any atom is -0.479 e. The molecule has 130 valence electrons. The highest BCUT2D eigenvalue weighted by Gasteiger charge is 2.32. The lowest BCUT2D eigenvalue weighted by Crippen LogP contribution is -2.49. The molecule has 2 unspecified atom stereocenters. The maximum atomic E-state index is 12.5. The van der Waals surface area contributed by atoms with E-state index in [0.717, 1.165) is 11.1 Å². The fourth-order valence-electron chi connectivity index (χ4n) is 2.94. The molecular weight excluding hydrogens is 316 g/mol. The smallest absolute Gasteiger partial charge is 0.268 e. The van der Waals surface area contributed by atoms with Gasteiger partial charge in [0.05, 0.1) is 11.7 Å². The number of aryl methyl sites for hydroxylation is 1. The van der Waals surface area contributed by atoms with Crippen LogP contribution in [-0.2, 0) is 9.59 Å². The Kier molecular flexibility index (Phi) is 4.74. The highest BCUT2D eigenvalue weighted by atomic mass is 16.5. The third kappa shape index (κ3) is 3.65. The maximum Gasteiger partial charge on any atom is 0.268 e. The van der Waals surface area contributed by atoms with Gasteiger partial charge in [-0.2, -0.15) is 0 Å². The molecule has 2 aromatic carbocycles. The number of anilines is 1. The summed E-state index contributed by atoms with van der Waals surface area (Å²) >= 11 is 0. The molecule has 25 heavy (non-hydrogen) atoms. The minimum atomic E-state index is -0.602. The van der Waals surface area contributed by atoms with Gasteiger partial charge in [-0.05, 0) is 44.0 Å². The molecule has 1 aliphatic heterocycles. The summed E-state index contributed by atoms with van der Waals surface area (Å²) in [5.74, 6) is 0.216. The third-order valence-corrected chi connectivity index (χ3v) is 4.30. The van der Waals surface area contributed by atoms with Gasteiger partial charge in [-0.3, -0.25) is 14.5 Å². The second-order valence-electron chi connectivity index (χ2n) is 6.36. The van der Waals surface area contributed by atoms with Crippen LogP contribution in [0.5, 0.6) is 5.75 Å². The highest BCUT2D eigenvalue weighted by molar-refractivity contribution is 6.03. The van der Waals surface area contributed by atoms with E-state index in [1.54, 1.807) is 6.92 Å². The Morgan fingerprint density at radius 1 is 1.24 bits per heavy atom. The van der Waals surface area contributed by atoms with E-state index >= 15 is 0 Å². The number of hydrogen-bond acceptors (Lipinski definition) is 3. The second-order valence-corrected chi connectivity index (χ2v) is 6.36. The highest BCUT2D eigenvalue weighted by Crippen LogP contribution is 2.34. The number of carbonyl (C=O) groups is 2. The van der Waals surface area contributed by atoms with Crippen LogP contribution in [0.15, 0.2) is 48.5 Å². The average Bonchev–Trinajstić information content (AvgIpc) is 2.60. The summed E-state index contributed by atoms with van der Waals surface area (Å²) < 4.78 is 5.64. The third-order valence-electron chi connectivity index (χ3n) is 4.30. The van der Waals surface area contributed by atoms with Gasteiger partial charge in [-0.25, -0.2) is 0 Å². The van der Waals surface area contributed by atoms with Crippen molar-refractivity contribution in [1.29, 1.82) is 0 Å². The quantitative estimate of drug-likeness (QED) is 0.932. The standard InChI is InChI=1S/C20H22N2O3/c1-13-9-10-18-17(11-13)22(20(24)15(3)25-18)12-19(23)21-14(2)16-7-5-4-6-8-16/h4-11,14-15H,12H2,1-3H3,(H,21,23). The van der Waals surface area contributed by atoms with Crippen LogP contribution in [0, 0.1) is 6.92 Å². The fourth-order valence-corrected chi connectivity index (χ4v) is 2.94. The Balaban J connectivity index is 1.76. The molecule has 0 saturated heterocycles. The van der Waals surface area contributed by atoms with E-state index in [0.29, 0.717) is 11.4 Å². The molecule has 1 N–H and O–H groups in total. The van der Waals surface area contributed by atoms with E-state index in [9.17, 15) is 9.59 Å². The van der Waals surface area contributed by atoms with Gasteiger partial charge in [0.15, 0.2) is 6.10 Å². The Labute approximate surface area is 147 Å². The lowest BCUT2D eigenvalue weighted by Gasteiger charge is -2.33. The first-order valence-corrected chi connectivity index (χ1v) is 8.38. The molecule has 0 aromatic heterocycles. The zero-order valence-corrected chi connectivity index (χ0v) is 14.7. The molecule has 0 bridgehead atoms. The predicted octanol–water partition coefficient (Wildman–Crippen LogP) is 2.99. The number of rotatable bonds is 4. The number of benzene rings is 2.